The summed E-state index contributed by atoms with van der Waals surface area (Å²) in [5.74, 6) is 1.19. The molecule has 0 N–H and O–H groups in total. The van der Waals surface area contributed by atoms with Crippen LogP contribution in [0.3, 0.4) is 0 Å². The summed E-state index contributed by atoms with van der Waals surface area (Å²) in [5, 5.41) is 5.99. The molecule has 1 unspecified atom stereocenters. The zero-order valence-corrected chi connectivity index (χ0v) is 16.1. The Balaban J connectivity index is 1.69. The van der Waals surface area contributed by atoms with Crippen molar-refractivity contribution < 1.29 is 9.32 Å². The van der Waals surface area contributed by atoms with Gasteiger partial charge in [0.2, 0.25) is 11.7 Å². The van der Waals surface area contributed by atoms with Gasteiger partial charge in [0.1, 0.15) is 0 Å². The highest BCUT2D eigenvalue weighted by atomic mass is 32.1. The average molecular weight is 369 g/mol. The SMILES string of the molecule is CCC(C)N(CCc1nc(-c2ccc(C)cc2)no1)C(=O)c1cccs1. The van der Waals surface area contributed by atoms with Crippen LogP contribution in [0, 0.1) is 6.92 Å². The molecule has 0 aliphatic rings. The Labute approximate surface area is 157 Å². The van der Waals surface area contributed by atoms with E-state index in [1.807, 2.05) is 53.6 Å². The van der Waals surface area contributed by atoms with E-state index in [1.54, 1.807) is 0 Å². The first-order valence-electron chi connectivity index (χ1n) is 8.82. The maximum absolute atomic E-state index is 12.8. The Kier molecular flexibility index (Phi) is 5.83. The lowest BCUT2D eigenvalue weighted by Crippen LogP contribution is -2.39. The highest BCUT2D eigenvalue weighted by molar-refractivity contribution is 7.12. The number of hydrogen-bond acceptors (Lipinski definition) is 5. The Morgan fingerprint density at radius 2 is 2.04 bits per heavy atom. The Bertz CT molecular complexity index is 840. The van der Waals surface area contributed by atoms with Crippen LogP contribution >= 0.6 is 11.3 Å². The average Bonchev–Trinajstić information content (AvgIpc) is 3.34. The van der Waals surface area contributed by atoms with Crippen LogP contribution in [-0.2, 0) is 6.42 Å². The number of carbonyl (C=O) groups excluding carboxylic acids is 1. The normalized spacial score (nSPS) is 12.1. The predicted molar refractivity (Wildman–Crippen MR) is 103 cm³/mol. The minimum atomic E-state index is 0.0626. The number of aryl methyl sites for hydroxylation is 1. The smallest absolute Gasteiger partial charge is 0.264 e. The molecule has 0 radical (unpaired) electrons. The van der Waals surface area contributed by atoms with Crippen molar-refractivity contribution >= 4 is 17.2 Å². The zero-order valence-electron chi connectivity index (χ0n) is 15.3. The number of carbonyl (C=O) groups is 1. The molecule has 0 fully saturated rings. The van der Waals surface area contributed by atoms with Crippen molar-refractivity contribution in [2.75, 3.05) is 6.54 Å². The Morgan fingerprint density at radius 1 is 1.27 bits per heavy atom. The van der Waals surface area contributed by atoms with E-state index >= 15 is 0 Å². The highest BCUT2D eigenvalue weighted by Gasteiger charge is 2.22. The van der Waals surface area contributed by atoms with Crippen molar-refractivity contribution in [1.29, 1.82) is 0 Å². The molecule has 2 heterocycles. The second-order valence-electron chi connectivity index (χ2n) is 6.36. The number of nitrogens with zero attached hydrogens (tertiary/aromatic N) is 3. The molecule has 136 valence electrons. The molecule has 5 nitrogen and oxygen atoms in total. The van der Waals surface area contributed by atoms with Gasteiger partial charge in [-0.3, -0.25) is 4.79 Å². The van der Waals surface area contributed by atoms with E-state index in [-0.39, 0.29) is 11.9 Å². The summed E-state index contributed by atoms with van der Waals surface area (Å²) in [6.07, 6.45) is 1.44. The van der Waals surface area contributed by atoms with Crippen LogP contribution in [-0.4, -0.2) is 33.5 Å². The first kappa shape index (κ1) is 18.3. The third kappa shape index (κ3) is 4.19. The molecule has 0 saturated carbocycles. The third-order valence-electron chi connectivity index (χ3n) is 4.46. The summed E-state index contributed by atoms with van der Waals surface area (Å²) in [5.41, 5.74) is 2.12. The van der Waals surface area contributed by atoms with Gasteiger partial charge >= 0.3 is 0 Å². The molecule has 3 rings (SSSR count). The molecule has 2 aromatic heterocycles. The number of thiophene rings is 1. The van der Waals surface area contributed by atoms with E-state index in [4.69, 9.17) is 4.52 Å². The van der Waals surface area contributed by atoms with Crippen molar-refractivity contribution in [1.82, 2.24) is 15.0 Å². The van der Waals surface area contributed by atoms with Crippen LogP contribution in [0.5, 0.6) is 0 Å². The minimum Gasteiger partial charge on any atom is -0.339 e. The summed E-state index contributed by atoms with van der Waals surface area (Å²) >= 11 is 1.47. The first-order chi connectivity index (χ1) is 12.6. The number of hydrogen-bond donors (Lipinski definition) is 0. The predicted octanol–water partition coefficient (Wildman–Crippen LogP) is 4.59. The molecule has 26 heavy (non-hydrogen) atoms. The number of aromatic nitrogens is 2. The number of benzene rings is 1. The summed E-state index contributed by atoms with van der Waals surface area (Å²) in [7, 11) is 0. The van der Waals surface area contributed by atoms with Crippen molar-refractivity contribution in [2.45, 2.75) is 39.7 Å². The van der Waals surface area contributed by atoms with Gasteiger partial charge in [0, 0.05) is 24.6 Å². The van der Waals surface area contributed by atoms with E-state index in [0.29, 0.717) is 24.7 Å². The van der Waals surface area contributed by atoms with E-state index in [9.17, 15) is 4.79 Å². The molecule has 0 aliphatic heterocycles. The zero-order chi connectivity index (χ0) is 18.5. The van der Waals surface area contributed by atoms with Gasteiger partial charge in [-0.1, -0.05) is 48.0 Å². The molecule has 1 amide bonds. The van der Waals surface area contributed by atoms with Crippen LogP contribution in [0.25, 0.3) is 11.4 Å². The first-order valence-corrected chi connectivity index (χ1v) is 9.70. The van der Waals surface area contributed by atoms with Crippen molar-refractivity contribution in [3.8, 4) is 11.4 Å². The van der Waals surface area contributed by atoms with Gasteiger partial charge in [0.25, 0.3) is 5.91 Å². The molecular formula is C20H23N3O2S. The van der Waals surface area contributed by atoms with E-state index in [2.05, 4.69) is 24.0 Å². The van der Waals surface area contributed by atoms with Crippen LogP contribution in [0.15, 0.2) is 46.3 Å². The quantitative estimate of drug-likeness (QED) is 0.611. The fraction of sp³-hybridized carbons (Fsp3) is 0.350. The monoisotopic (exact) mass is 369 g/mol. The molecule has 6 heteroatoms. The number of rotatable bonds is 7. The molecule has 3 aromatic rings. The van der Waals surface area contributed by atoms with Crippen LogP contribution in [0.2, 0.25) is 0 Å². The van der Waals surface area contributed by atoms with Gasteiger partial charge < -0.3 is 9.42 Å². The molecule has 0 saturated heterocycles. The molecule has 1 aromatic carbocycles. The standard InChI is InChI=1S/C20H23N3O2S/c1-4-15(3)23(20(24)17-6-5-13-26-17)12-11-18-21-19(22-25-18)16-9-7-14(2)8-10-16/h5-10,13,15H,4,11-12H2,1-3H3. The summed E-state index contributed by atoms with van der Waals surface area (Å²) in [6, 6.07) is 11.9. The number of amides is 1. The Hall–Kier alpha value is -2.47. The van der Waals surface area contributed by atoms with Crippen molar-refractivity contribution in [3.05, 3.63) is 58.1 Å². The van der Waals surface area contributed by atoms with E-state index in [0.717, 1.165) is 16.9 Å². The van der Waals surface area contributed by atoms with Crippen LogP contribution in [0.1, 0.15) is 41.4 Å². The van der Waals surface area contributed by atoms with Crippen molar-refractivity contribution in [3.63, 3.8) is 0 Å². The largest absolute Gasteiger partial charge is 0.339 e. The van der Waals surface area contributed by atoms with Gasteiger partial charge in [-0.15, -0.1) is 11.3 Å². The maximum Gasteiger partial charge on any atom is 0.264 e. The van der Waals surface area contributed by atoms with Gasteiger partial charge in [-0.2, -0.15) is 4.98 Å². The summed E-state index contributed by atoms with van der Waals surface area (Å²) < 4.78 is 5.39. The minimum absolute atomic E-state index is 0.0626. The second-order valence-corrected chi connectivity index (χ2v) is 7.31. The fourth-order valence-electron chi connectivity index (χ4n) is 2.68. The van der Waals surface area contributed by atoms with Crippen LogP contribution < -0.4 is 0 Å². The third-order valence-corrected chi connectivity index (χ3v) is 5.32. The fourth-order valence-corrected chi connectivity index (χ4v) is 3.36. The van der Waals surface area contributed by atoms with Crippen molar-refractivity contribution in [2.24, 2.45) is 0 Å². The lowest BCUT2D eigenvalue weighted by atomic mass is 10.1. The lowest BCUT2D eigenvalue weighted by Gasteiger charge is -2.27. The van der Waals surface area contributed by atoms with Gasteiger partial charge in [-0.25, -0.2) is 0 Å². The van der Waals surface area contributed by atoms with Gasteiger partial charge in [0.05, 0.1) is 4.88 Å². The summed E-state index contributed by atoms with van der Waals surface area (Å²) in [6.45, 7) is 6.75. The van der Waals surface area contributed by atoms with E-state index in [1.165, 1.54) is 16.9 Å². The Morgan fingerprint density at radius 3 is 2.69 bits per heavy atom. The van der Waals surface area contributed by atoms with Crippen LogP contribution in [0.4, 0.5) is 0 Å². The summed E-state index contributed by atoms with van der Waals surface area (Å²) in [4.78, 5) is 19.9. The molecule has 0 bridgehead atoms. The lowest BCUT2D eigenvalue weighted by molar-refractivity contribution is 0.0691. The topological polar surface area (TPSA) is 59.2 Å². The molecule has 1 atom stereocenters. The second kappa shape index (κ2) is 8.27. The molecule has 0 spiro atoms. The maximum atomic E-state index is 12.8. The van der Waals surface area contributed by atoms with E-state index < -0.39 is 0 Å². The van der Waals surface area contributed by atoms with Gasteiger partial charge in [-0.05, 0) is 31.7 Å². The molecule has 0 aliphatic carbocycles. The molecular weight excluding hydrogens is 346 g/mol. The van der Waals surface area contributed by atoms with Gasteiger partial charge in [0.15, 0.2) is 0 Å². The highest BCUT2D eigenvalue weighted by Crippen LogP contribution is 2.18.